The van der Waals surface area contributed by atoms with Gasteiger partial charge in [-0.2, -0.15) is 8.42 Å². The summed E-state index contributed by atoms with van der Waals surface area (Å²) in [5, 5.41) is 0.541. The molecule has 5 nitrogen and oxygen atoms in total. The van der Waals surface area contributed by atoms with Gasteiger partial charge in [0.25, 0.3) is 0 Å². The molecule has 3 rings (SSSR count). The van der Waals surface area contributed by atoms with Crippen LogP contribution in [-0.4, -0.2) is 31.6 Å². The Hall–Kier alpha value is -1.54. The Morgan fingerprint density at radius 2 is 2.24 bits per heavy atom. The molecule has 1 aliphatic rings. The van der Waals surface area contributed by atoms with Crippen LogP contribution in [0.2, 0.25) is 0 Å². The fraction of sp³-hybridized carbons (Fsp3) is 0.385. The Kier molecular flexibility index (Phi) is 3.45. The van der Waals surface area contributed by atoms with Crippen molar-refractivity contribution in [2.75, 3.05) is 17.2 Å². The summed E-state index contributed by atoms with van der Waals surface area (Å²) in [5.41, 5.74) is 1.90. The van der Waals surface area contributed by atoms with Crippen molar-refractivity contribution in [2.24, 2.45) is 5.92 Å². The maximum absolute atomic E-state index is 12.7. The number of hydrogen-bond acceptors (Lipinski definition) is 5. The Balaban J connectivity index is 1.87. The summed E-state index contributed by atoms with van der Waals surface area (Å²) < 4.78 is 35.1. The lowest BCUT2D eigenvalue weighted by Gasteiger charge is -2.11. The van der Waals surface area contributed by atoms with E-state index in [1.807, 2.05) is 25.1 Å². The van der Waals surface area contributed by atoms with E-state index in [0.717, 1.165) is 15.8 Å². The first-order chi connectivity index (χ1) is 9.82. The number of rotatable bonds is 3. The Labute approximate surface area is 125 Å². The molecule has 112 valence electrons. The van der Waals surface area contributed by atoms with E-state index in [0.29, 0.717) is 5.13 Å². The molecule has 0 spiro atoms. The van der Waals surface area contributed by atoms with Gasteiger partial charge in [-0.25, -0.2) is 4.98 Å². The van der Waals surface area contributed by atoms with Gasteiger partial charge in [0, 0.05) is 18.9 Å². The number of hydrogen-bond donors (Lipinski definition) is 0. The normalized spacial score (nSPS) is 19.6. The van der Waals surface area contributed by atoms with E-state index in [-0.39, 0.29) is 18.9 Å². The van der Waals surface area contributed by atoms with Gasteiger partial charge in [0.15, 0.2) is 5.13 Å². The zero-order valence-corrected chi connectivity index (χ0v) is 12.9. The van der Waals surface area contributed by atoms with Gasteiger partial charge >= 0.3 is 10.2 Å². The third-order valence-corrected chi connectivity index (χ3v) is 5.31. The highest BCUT2D eigenvalue weighted by Gasteiger charge is 2.35. The van der Waals surface area contributed by atoms with Crippen LogP contribution in [0.3, 0.4) is 0 Å². The molecule has 0 aliphatic carbocycles. The molecule has 1 aromatic heterocycles. The standard InChI is InChI=1S/C13H13FN2O3S2/c1-8-2-3-10-11(4-8)20-13(15-10)16-6-9(5-12(16)17)7-21(14,18)19/h2-4,9H,5-7H2,1H3. The molecule has 1 atom stereocenters. The Morgan fingerprint density at radius 3 is 2.95 bits per heavy atom. The molecule has 2 heterocycles. The summed E-state index contributed by atoms with van der Waals surface area (Å²) in [4.78, 5) is 17.8. The fourth-order valence-corrected chi connectivity index (χ4v) is 4.37. The highest BCUT2D eigenvalue weighted by molar-refractivity contribution is 7.86. The van der Waals surface area contributed by atoms with Crippen LogP contribution in [0.1, 0.15) is 12.0 Å². The van der Waals surface area contributed by atoms with Gasteiger partial charge in [-0.05, 0) is 24.6 Å². The van der Waals surface area contributed by atoms with E-state index in [1.54, 1.807) is 0 Å². The van der Waals surface area contributed by atoms with Crippen molar-refractivity contribution in [1.82, 2.24) is 4.98 Å². The van der Waals surface area contributed by atoms with E-state index >= 15 is 0 Å². The predicted molar refractivity (Wildman–Crippen MR) is 79.7 cm³/mol. The number of aryl methyl sites for hydroxylation is 1. The van der Waals surface area contributed by atoms with Gasteiger partial charge in [0.2, 0.25) is 5.91 Å². The number of carbonyl (C=O) groups excluding carboxylic acids is 1. The summed E-state index contributed by atoms with van der Waals surface area (Å²) in [6.07, 6.45) is 0.0398. The molecule has 1 saturated heterocycles. The second-order valence-corrected chi connectivity index (χ2v) is 7.67. The van der Waals surface area contributed by atoms with E-state index in [1.165, 1.54) is 16.2 Å². The van der Waals surface area contributed by atoms with Gasteiger partial charge in [-0.3, -0.25) is 9.69 Å². The van der Waals surface area contributed by atoms with Crippen molar-refractivity contribution in [3.05, 3.63) is 23.8 Å². The number of carbonyl (C=O) groups is 1. The van der Waals surface area contributed by atoms with Crippen molar-refractivity contribution >= 4 is 42.8 Å². The largest absolute Gasteiger partial charge is 0.302 e. The van der Waals surface area contributed by atoms with Crippen LogP contribution in [0.4, 0.5) is 9.02 Å². The third-order valence-electron chi connectivity index (χ3n) is 3.40. The predicted octanol–water partition coefficient (Wildman–Crippen LogP) is 2.26. The van der Waals surface area contributed by atoms with Crippen LogP contribution >= 0.6 is 11.3 Å². The lowest BCUT2D eigenvalue weighted by molar-refractivity contribution is -0.117. The van der Waals surface area contributed by atoms with Crippen molar-refractivity contribution in [3.8, 4) is 0 Å². The summed E-state index contributed by atoms with van der Waals surface area (Å²) >= 11 is 1.38. The van der Waals surface area contributed by atoms with Crippen molar-refractivity contribution in [1.29, 1.82) is 0 Å². The molecule has 1 unspecified atom stereocenters. The quantitative estimate of drug-likeness (QED) is 0.811. The lowest BCUT2D eigenvalue weighted by atomic mass is 10.1. The van der Waals surface area contributed by atoms with Gasteiger partial charge in [0.05, 0.1) is 16.0 Å². The fourth-order valence-electron chi connectivity index (χ4n) is 2.49. The summed E-state index contributed by atoms with van der Waals surface area (Å²) in [5.74, 6) is -1.33. The first-order valence-corrected chi connectivity index (χ1v) is 8.78. The van der Waals surface area contributed by atoms with Crippen LogP contribution < -0.4 is 4.90 Å². The van der Waals surface area contributed by atoms with E-state index < -0.39 is 21.9 Å². The number of nitrogens with zero attached hydrogens (tertiary/aromatic N) is 2. The number of fused-ring (bicyclic) bond motifs is 1. The zero-order chi connectivity index (χ0) is 15.2. The molecular weight excluding hydrogens is 315 g/mol. The van der Waals surface area contributed by atoms with Crippen molar-refractivity contribution < 1.29 is 17.1 Å². The Bertz CT molecular complexity index is 816. The smallest absolute Gasteiger partial charge is 0.288 e. The minimum Gasteiger partial charge on any atom is -0.288 e. The monoisotopic (exact) mass is 328 g/mol. The van der Waals surface area contributed by atoms with Crippen molar-refractivity contribution in [2.45, 2.75) is 13.3 Å². The molecule has 1 amide bonds. The number of aromatic nitrogens is 1. The van der Waals surface area contributed by atoms with E-state index in [4.69, 9.17) is 0 Å². The SMILES string of the molecule is Cc1ccc2nc(N3CC(CS(=O)(=O)F)CC3=O)sc2c1. The highest BCUT2D eigenvalue weighted by Crippen LogP contribution is 2.33. The summed E-state index contributed by atoms with van der Waals surface area (Å²) in [6.45, 7) is 2.17. The number of anilines is 1. The summed E-state index contributed by atoms with van der Waals surface area (Å²) in [7, 11) is -4.56. The summed E-state index contributed by atoms with van der Waals surface area (Å²) in [6, 6.07) is 5.81. The van der Waals surface area contributed by atoms with Gasteiger partial charge < -0.3 is 0 Å². The molecule has 8 heteroatoms. The molecule has 0 saturated carbocycles. The molecule has 0 bridgehead atoms. The molecular formula is C13H13FN2O3S2. The first-order valence-electron chi connectivity index (χ1n) is 6.42. The molecule has 1 aromatic carbocycles. The number of halogens is 1. The molecule has 21 heavy (non-hydrogen) atoms. The minimum absolute atomic E-state index is 0.0398. The van der Waals surface area contributed by atoms with Crippen LogP contribution in [0, 0.1) is 12.8 Å². The maximum Gasteiger partial charge on any atom is 0.302 e. The average molecular weight is 328 g/mol. The Morgan fingerprint density at radius 1 is 1.48 bits per heavy atom. The van der Waals surface area contributed by atoms with Crippen molar-refractivity contribution in [3.63, 3.8) is 0 Å². The number of amides is 1. The van der Waals surface area contributed by atoms with Crippen LogP contribution in [0.25, 0.3) is 10.2 Å². The average Bonchev–Trinajstić information content (AvgIpc) is 2.89. The zero-order valence-electron chi connectivity index (χ0n) is 11.2. The second-order valence-electron chi connectivity index (χ2n) is 5.25. The molecule has 2 aromatic rings. The molecule has 0 radical (unpaired) electrons. The molecule has 1 aliphatic heterocycles. The van der Waals surface area contributed by atoms with Crippen LogP contribution in [0.15, 0.2) is 18.2 Å². The van der Waals surface area contributed by atoms with Crippen LogP contribution in [0.5, 0.6) is 0 Å². The molecule has 0 N–H and O–H groups in total. The van der Waals surface area contributed by atoms with Gasteiger partial charge in [-0.1, -0.05) is 17.4 Å². The van der Waals surface area contributed by atoms with E-state index in [9.17, 15) is 17.1 Å². The first kappa shape index (κ1) is 14.4. The number of benzene rings is 1. The van der Waals surface area contributed by atoms with Gasteiger partial charge in [0.1, 0.15) is 0 Å². The number of thiazole rings is 1. The topological polar surface area (TPSA) is 67.3 Å². The minimum atomic E-state index is -4.56. The second kappa shape index (κ2) is 5.03. The van der Waals surface area contributed by atoms with E-state index in [2.05, 4.69) is 4.98 Å². The molecule has 1 fully saturated rings. The maximum atomic E-state index is 12.7. The lowest BCUT2D eigenvalue weighted by Crippen LogP contribution is -2.25. The van der Waals surface area contributed by atoms with Gasteiger partial charge in [-0.15, -0.1) is 3.89 Å². The highest BCUT2D eigenvalue weighted by atomic mass is 32.3. The third kappa shape index (κ3) is 3.06. The van der Waals surface area contributed by atoms with Crippen LogP contribution in [-0.2, 0) is 15.0 Å².